The van der Waals surface area contributed by atoms with Crippen LogP contribution in [0.3, 0.4) is 0 Å². The fraction of sp³-hybridized carbons (Fsp3) is 0.600. The molecule has 1 aliphatic rings. The van der Waals surface area contributed by atoms with E-state index in [0.717, 1.165) is 17.9 Å². The van der Waals surface area contributed by atoms with Gasteiger partial charge in [-0.3, -0.25) is 0 Å². The number of hydrogen-bond acceptors (Lipinski definition) is 1. The first-order chi connectivity index (χ1) is 8.31. The van der Waals surface area contributed by atoms with Crippen LogP contribution in [0.25, 0.3) is 0 Å². The molecule has 0 aliphatic heterocycles. The Hall–Kier alpha value is -0.530. The minimum atomic E-state index is 0.252. The van der Waals surface area contributed by atoms with Crippen molar-refractivity contribution in [3.8, 4) is 0 Å². The topological polar surface area (TPSA) is 20.2 Å². The van der Waals surface area contributed by atoms with Crippen LogP contribution in [0.5, 0.6) is 0 Å². The average molecular weight is 253 g/mol. The van der Waals surface area contributed by atoms with Gasteiger partial charge in [-0.15, -0.1) is 0 Å². The zero-order valence-corrected chi connectivity index (χ0v) is 11.0. The maximum Gasteiger partial charge on any atom is 0.0443 e. The van der Waals surface area contributed by atoms with E-state index < -0.39 is 0 Å². The van der Waals surface area contributed by atoms with Gasteiger partial charge < -0.3 is 5.11 Å². The Morgan fingerprint density at radius 2 is 1.94 bits per heavy atom. The molecule has 1 aromatic rings. The zero-order chi connectivity index (χ0) is 12.1. The van der Waals surface area contributed by atoms with Gasteiger partial charge >= 0.3 is 0 Å². The lowest BCUT2D eigenvalue weighted by Gasteiger charge is -2.23. The summed E-state index contributed by atoms with van der Waals surface area (Å²) >= 11 is 6.38. The van der Waals surface area contributed by atoms with E-state index in [4.69, 9.17) is 16.7 Å². The molecule has 2 rings (SSSR count). The maximum absolute atomic E-state index is 8.82. The predicted octanol–water partition coefficient (Wildman–Crippen LogP) is 4.31. The molecule has 0 unspecified atom stereocenters. The van der Waals surface area contributed by atoms with Crippen molar-refractivity contribution in [1.29, 1.82) is 0 Å². The van der Waals surface area contributed by atoms with Crippen LogP contribution in [0, 0.1) is 0 Å². The van der Waals surface area contributed by atoms with E-state index in [-0.39, 0.29) is 6.61 Å². The first kappa shape index (κ1) is 12.9. The SMILES string of the molecule is OCCCc1ccc(C2CCCCC2)c(Cl)c1. The van der Waals surface area contributed by atoms with Crippen molar-refractivity contribution in [2.75, 3.05) is 6.61 Å². The lowest BCUT2D eigenvalue weighted by atomic mass is 9.84. The van der Waals surface area contributed by atoms with Crippen LogP contribution in [-0.4, -0.2) is 11.7 Å². The lowest BCUT2D eigenvalue weighted by molar-refractivity contribution is 0.288. The van der Waals surface area contributed by atoms with Gasteiger partial charge in [-0.05, 0) is 48.8 Å². The molecule has 0 atom stereocenters. The Morgan fingerprint density at radius 1 is 1.18 bits per heavy atom. The standard InChI is InChI=1S/C15H21ClO/c16-15-11-12(5-4-10-17)8-9-14(15)13-6-2-1-3-7-13/h8-9,11,13,17H,1-7,10H2. The van der Waals surface area contributed by atoms with Crippen LogP contribution < -0.4 is 0 Å². The van der Waals surface area contributed by atoms with E-state index >= 15 is 0 Å². The van der Waals surface area contributed by atoms with E-state index in [0.29, 0.717) is 5.92 Å². The van der Waals surface area contributed by atoms with Crippen molar-refractivity contribution in [2.24, 2.45) is 0 Å². The smallest absolute Gasteiger partial charge is 0.0443 e. The summed E-state index contributed by atoms with van der Waals surface area (Å²) in [6, 6.07) is 6.46. The van der Waals surface area contributed by atoms with Gasteiger partial charge in [-0.2, -0.15) is 0 Å². The lowest BCUT2D eigenvalue weighted by Crippen LogP contribution is -2.05. The molecular formula is C15H21ClO. The minimum Gasteiger partial charge on any atom is -0.396 e. The van der Waals surface area contributed by atoms with Crippen LogP contribution in [0.1, 0.15) is 55.6 Å². The molecule has 2 heteroatoms. The van der Waals surface area contributed by atoms with Crippen molar-refractivity contribution < 1.29 is 5.11 Å². The summed E-state index contributed by atoms with van der Waals surface area (Å²) < 4.78 is 0. The Morgan fingerprint density at radius 3 is 2.59 bits per heavy atom. The molecule has 1 nitrogen and oxygen atoms in total. The molecule has 1 aromatic carbocycles. The van der Waals surface area contributed by atoms with Gasteiger partial charge in [0.2, 0.25) is 0 Å². The van der Waals surface area contributed by atoms with Gasteiger partial charge in [0.15, 0.2) is 0 Å². The third-order valence-electron chi connectivity index (χ3n) is 3.73. The summed E-state index contributed by atoms with van der Waals surface area (Å²) in [5.41, 5.74) is 2.57. The second kappa shape index (κ2) is 6.42. The minimum absolute atomic E-state index is 0.252. The number of aliphatic hydroxyl groups excluding tert-OH is 1. The third kappa shape index (κ3) is 3.46. The average Bonchev–Trinajstić information content (AvgIpc) is 2.37. The second-order valence-corrected chi connectivity index (χ2v) is 5.43. The molecule has 1 N–H and O–H groups in total. The zero-order valence-electron chi connectivity index (χ0n) is 10.3. The van der Waals surface area contributed by atoms with Crippen LogP contribution in [0.15, 0.2) is 18.2 Å². The molecule has 0 bridgehead atoms. The van der Waals surface area contributed by atoms with Gasteiger partial charge in [-0.25, -0.2) is 0 Å². The van der Waals surface area contributed by atoms with Crippen molar-refractivity contribution >= 4 is 11.6 Å². The van der Waals surface area contributed by atoms with Gasteiger partial charge in [0, 0.05) is 11.6 Å². The van der Waals surface area contributed by atoms with Gasteiger partial charge in [0.25, 0.3) is 0 Å². The molecule has 0 heterocycles. The second-order valence-electron chi connectivity index (χ2n) is 5.02. The first-order valence-electron chi connectivity index (χ1n) is 6.70. The highest BCUT2D eigenvalue weighted by Gasteiger charge is 2.17. The molecule has 0 aromatic heterocycles. The van der Waals surface area contributed by atoms with E-state index in [1.165, 1.54) is 43.2 Å². The normalized spacial score (nSPS) is 17.3. The van der Waals surface area contributed by atoms with Crippen molar-refractivity contribution in [3.05, 3.63) is 34.3 Å². The summed E-state index contributed by atoms with van der Waals surface area (Å²) in [6.07, 6.45) is 8.37. The van der Waals surface area contributed by atoms with Gasteiger partial charge in [0.1, 0.15) is 0 Å². The summed E-state index contributed by atoms with van der Waals surface area (Å²) in [6.45, 7) is 0.252. The number of hydrogen-bond donors (Lipinski definition) is 1. The molecule has 1 aliphatic carbocycles. The maximum atomic E-state index is 8.82. The van der Waals surface area contributed by atoms with E-state index in [2.05, 4.69) is 18.2 Å². The summed E-state index contributed by atoms with van der Waals surface area (Å²) in [7, 11) is 0. The van der Waals surface area contributed by atoms with Crippen LogP contribution in [-0.2, 0) is 6.42 Å². The van der Waals surface area contributed by atoms with Crippen LogP contribution in [0.4, 0.5) is 0 Å². The van der Waals surface area contributed by atoms with Crippen molar-refractivity contribution in [1.82, 2.24) is 0 Å². The molecule has 94 valence electrons. The Balaban J connectivity index is 2.07. The van der Waals surface area contributed by atoms with Gasteiger partial charge in [-0.1, -0.05) is 43.0 Å². The Kier molecular flexibility index (Phi) is 4.87. The van der Waals surface area contributed by atoms with E-state index in [1.54, 1.807) is 0 Å². The fourth-order valence-electron chi connectivity index (χ4n) is 2.75. The number of benzene rings is 1. The monoisotopic (exact) mass is 252 g/mol. The molecule has 1 saturated carbocycles. The Bertz CT molecular complexity index is 356. The van der Waals surface area contributed by atoms with E-state index in [1.807, 2.05) is 0 Å². The molecule has 0 saturated heterocycles. The van der Waals surface area contributed by atoms with Crippen LogP contribution >= 0.6 is 11.6 Å². The molecule has 17 heavy (non-hydrogen) atoms. The Labute approximate surface area is 109 Å². The first-order valence-corrected chi connectivity index (χ1v) is 7.08. The predicted molar refractivity (Wildman–Crippen MR) is 72.7 cm³/mol. The number of halogens is 1. The molecular weight excluding hydrogens is 232 g/mol. The summed E-state index contributed by atoms with van der Waals surface area (Å²) in [5, 5.41) is 9.75. The number of rotatable bonds is 4. The number of aryl methyl sites for hydroxylation is 1. The summed E-state index contributed by atoms with van der Waals surface area (Å²) in [4.78, 5) is 0. The molecule has 0 amide bonds. The van der Waals surface area contributed by atoms with E-state index in [9.17, 15) is 0 Å². The van der Waals surface area contributed by atoms with Crippen molar-refractivity contribution in [2.45, 2.75) is 50.9 Å². The van der Waals surface area contributed by atoms with Crippen molar-refractivity contribution in [3.63, 3.8) is 0 Å². The molecule has 1 fully saturated rings. The number of aliphatic hydroxyl groups is 1. The largest absolute Gasteiger partial charge is 0.396 e. The molecule has 0 spiro atoms. The van der Waals surface area contributed by atoms with Crippen LogP contribution in [0.2, 0.25) is 5.02 Å². The molecule has 0 radical (unpaired) electrons. The fourth-order valence-corrected chi connectivity index (χ4v) is 3.11. The third-order valence-corrected chi connectivity index (χ3v) is 4.06. The van der Waals surface area contributed by atoms with Gasteiger partial charge in [0.05, 0.1) is 0 Å². The summed E-state index contributed by atoms with van der Waals surface area (Å²) in [5.74, 6) is 0.670. The highest BCUT2D eigenvalue weighted by Crippen LogP contribution is 2.36. The highest BCUT2D eigenvalue weighted by molar-refractivity contribution is 6.31. The quantitative estimate of drug-likeness (QED) is 0.847. The highest BCUT2D eigenvalue weighted by atomic mass is 35.5.